The highest BCUT2D eigenvalue weighted by atomic mass is 16.6. The second-order valence-electron chi connectivity index (χ2n) is 10.8. The zero-order valence-electron chi connectivity index (χ0n) is 21.8. The van der Waals surface area contributed by atoms with Gasteiger partial charge in [0.05, 0.1) is 31.3 Å². The Bertz CT molecular complexity index is 969. The van der Waals surface area contributed by atoms with Gasteiger partial charge in [0.2, 0.25) is 0 Å². The van der Waals surface area contributed by atoms with E-state index in [2.05, 4.69) is 13.0 Å². The molecule has 3 rings (SSSR count). The van der Waals surface area contributed by atoms with Crippen molar-refractivity contribution < 1.29 is 39.5 Å². The van der Waals surface area contributed by atoms with Crippen molar-refractivity contribution in [1.82, 2.24) is 0 Å². The maximum absolute atomic E-state index is 13.2. The Morgan fingerprint density at radius 1 is 1.14 bits per heavy atom. The van der Waals surface area contributed by atoms with Crippen molar-refractivity contribution in [1.29, 1.82) is 0 Å². The molecule has 1 aromatic carbocycles. The van der Waals surface area contributed by atoms with E-state index in [1.165, 1.54) is 0 Å². The van der Waals surface area contributed by atoms with Crippen LogP contribution in [0, 0.1) is 17.8 Å². The number of hydrogen-bond donors (Lipinski definition) is 4. The number of aliphatic carboxylic acids is 1. The van der Waals surface area contributed by atoms with Crippen LogP contribution in [0.15, 0.2) is 54.1 Å². The van der Waals surface area contributed by atoms with Crippen LogP contribution in [-0.4, -0.2) is 62.4 Å². The average molecular weight is 517 g/mol. The Morgan fingerprint density at radius 2 is 1.84 bits per heavy atom. The molecule has 0 radical (unpaired) electrons. The minimum Gasteiger partial charge on any atom is -0.481 e. The second kappa shape index (κ2) is 12.8. The molecule has 7 atom stereocenters. The van der Waals surface area contributed by atoms with Crippen LogP contribution < -0.4 is 0 Å². The molecule has 0 spiro atoms. The van der Waals surface area contributed by atoms with Crippen LogP contribution in [0.3, 0.4) is 0 Å². The van der Waals surface area contributed by atoms with Crippen molar-refractivity contribution >= 4 is 11.9 Å². The third-order valence-electron chi connectivity index (χ3n) is 7.35. The molecule has 0 heterocycles. The van der Waals surface area contributed by atoms with E-state index in [9.17, 15) is 24.9 Å². The maximum Gasteiger partial charge on any atom is 0.338 e. The molecular weight excluding hydrogens is 476 g/mol. The van der Waals surface area contributed by atoms with Crippen LogP contribution >= 0.6 is 0 Å². The van der Waals surface area contributed by atoms with Gasteiger partial charge in [-0.2, -0.15) is 0 Å². The molecule has 0 aliphatic heterocycles. The number of rotatable bonds is 12. The van der Waals surface area contributed by atoms with Crippen LogP contribution in [0.5, 0.6) is 0 Å². The largest absolute Gasteiger partial charge is 0.481 e. The van der Waals surface area contributed by atoms with Gasteiger partial charge in [0.1, 0.15) is 6.10 Å². The molecule has 0 aromatic heterocycles. The second-order valence-corrected chi connectivity index (χ2v) is 10.8. The highest BCUT2D eigenvalue weighted by Crippen LogP contribution is 2.44. The number of carbonyl (C=O) groups is 2. The fourth-order valence-corrected chi connectivity index (χ4v) is 5.26. The number of ether oxygens (including phenoxy) is 2. The predicted octanol–water partition coefficient (Wildman–Crippen LogP) is 3.39. The number of carbonyl (C=O) groups excluding carboxylic acids is 1. The first-order chi connectivity index (χ1) is 17.5. The van der Waals surface area contributed by atoms with Crippen molar-refractivity contribution in [2.75, 3.05) is 0 Å². The van der Waals surface area contributed by atoms with Crippen molar-refractivity contribution in [3.05, 3.63) is 59.7 Å². The summed E-state index contributed by atoms with van der Waals surface area (Å²) in [7, 11) is 0. The zero-order valence-corrected chi connectivity index (χ0v) is 21.8. The summed E-state index contributed by atoms with van der Waals surface area (Å²) in [6.07, 6.45) is 3.38. The Kier molecular flexibility index (Phi) is 10.1. The van der Waals surface area contributed by atoms with Crippen molar-refractivity contribution in [3.63, 3.8) is 0 Å². The normalized spacial score (nSPS) is 27.1. The third kappa shape index (κ3) is 8.23. The van der Waals surface area contributed by atoms with Crippen LogP contribution in [0.25, 0.3) is 0 Å². The fourth-order valence-electron chi connectivity index (χ4n) is 5.26. The molecule has 0 saturated heterocycles. The topological polar surface area (TPSA) is 134 Å². The first-order valence-corrected chi connectivity index (χ1v) is 13.0. The first-order valence-electron chi connectivity index (χ1n) is 13.0. The molecule has 8 heteroatoms. The standard InChI is InChI=1S/C29H40O8/c1-18-9-10-20-13-22(31)15-25(27(20)24(18)12-11-21(30)14-23(32)16-26(33)34)37-28(35)29(2,3)36-17-19-7-5-4-6-8-19/h4-10,13,18,21-25,27,30-32H,11-12,14-17H2,1-3H3,(H,33,34)/t18-,21-,22-,23-,24+,25+,27+/m1/s1. The molecule has 8 nitrogen and oxygen atoms in total. The van der Waals surface area contributed by atoms with Gasteiger partial charge < -0.3 is 29.9 Å². The van der Waals surface area contributed by atoms with Crippen molar-refractivity contribution in [3.8, 4) is 0 Å². The number of carboxylic acids is 1. The molecule has 0 fully saturated rings. The first kappa shape index (κ1) is 29.0. The highest BCUT2D eigenvalue weighted by molar-refractivity contribution is 5.78. The Morgan fingerprint density at radius 3 is 2.51 bits per heavy atom. The van der Waals surface area contributed by atoms with Gasteiger partial charge in [-0.05, 0) is 56.1 Å². The number of aliphatic hydroxyl groups excluding tert-OH is 3. The fraction of sp³-hybridized carbons (Fsp3) is 0.586. The van der Waals surface area contributed by atoms with E-state index in [0.29, 0.717) is 12.8 Å². The lowest BCUT2D eigenvalue weighted by Gasteiger charge is -2.43. The molecule has 0 saturated carbocycles. The van der Waals surface area contributed by atoms with Crippen LogP contribution in [0.4, 0.5) is 0 Å². The molecule has 0 amide bonds. The summed E-state index contributed by atoms with van der Waals surface area (Å²) >= 11 is 0. The third-order valence-corrected chi connectivity index (χ3v) is 7.35. The minimum absolute atomic E-state index is 0.0132. The number of esters is 1. The van der Waals surface area contributed by atoms with E-state index < -0.39 is 48.4 Å². The van der Waals surface area contributed by atoms with E-state index in [0.717, 1.165) is 11.1 Å². The number of allylic oxidation sites excluding steroid dienone is 2. The number of carboxylic acid groups (broad SMARTS) is 1. The molecule has 204 valence electrons. The number of fused-ring (bicyclic) bond motifs is 1. The van der Waals surface area contributed by atoms with E-state index in [1.807, 2.05) is 36.4 Å². The van der Waals surface area contributed by atoms with E-state index in [1.54, 1.807) is 19.9 Å². The lowest BCUT2D eigenvalue weighted by Crippen LogP contribution is -2.46. The average Bonchev–Trinajstić information content (AvgIpc) is 2.82. The molecule has 37 heavy (non-hydrogen) atoms. The van der Waals surface area contributed by atoms with E-state index >= 15 is 0 Å². The SMILES string of the molecule is C[C@@H]1C=CC2=C[C@@H](O)C[C@H](OC(=O)C(C)(C)OCc3ccccc3)[C@@H]2[C@H]1CC[C@@H](O)C[C@@H](O)CC(=O)O. The summed E-state index contributed by atoms with van der Waals surface area (Å²) in [5, 5.41) is 39.6. The number of hydrogen-bond acceptors (Lipinski definition) is 7. The number of aliphatic hydroxyl groups is 3. The van der Waals surface area contributed by atoms with Gasteiger partial charge in [0.25, 0.3) is 0 Å². The summed E-state index contributed by atoms with van der Waals surface area (Å²) < 4.78 is 11.9. The molecule has 1 aromatic rings. The lowest BCUT2D eigenvalue weighted by atomic mass is 9.66. The van der Waals surface area contributed by atoms with Gasteiger partial charge in [-0.25, -0.2) is 4.79 Å². The van der Waals surface area contributed by atoms with Gasteiger partial charge in [0.15, 0.2) is 5.60 Å². The summed E-state index contributed by atoms with van der Waals surface area (Å²) in [4.78, 5) is 24.0. The number of benzene rings is 1. The molecule has 2 aliphatic carbocycles. The van der Waals surface area contributed by atoms with Gasteiger partial charge >= 0.3 is 11.9 Å². The summed E-state index contributed by atoms with van der Waals surface area (Å²) in [6, 6.07) is 9.57. The zero-order chi connectivity index (χ0) is 27.2. The minimum atomic E-state index is -1.19. The van der Waals surface area contributed by atoms with E-state index in [-0.39, 0.29) is 37.2 Å². The Hall–Kier alpha value is -2.52. The van der Waals surface area contributed by atoms with Crippen LogP contribution in [0.1, 0.15) is 58.4 Å². The smallest absolute Gasteiger partial charge is 0.338 e. The summed E-state index contributed by atoms with van der Waals surface area (Å²) in [5.74, 6) is -1.60. The Labute approximate surface area is 218 Å². The quantitative estimate of drug-likeness (QED) is 0.311. The van der Waals surface area contributed by atoms with Gasteiger partial charge in [-0.3, -0.25) is 4.79 Å². The molecule has 0 bridgehead atoms. The van der Waals surface area contributed by atoms with E-state index in [4.69, 9.17) is 14.6 Å². The highest BCUT2D eigenvalue weighted by Gasteiger charge is 2.43. The Balaban J connectivity index is 1.67. The summed E-state index contributed by atoms with van der Waals surface area (Å²) in [5.41, 5.74) is 0.660. The van der Waals surface area contributed by atoms with Gasteiger partial charge in [0, 0.05) is 12.3 Å². The molecule has 0 unspecified atom stereocenters. The van der Waals surface area contributed by atoms with Crippen molar-refractivity contribution in [2.45, 2.75) is 89.5 Å². The monoisotopic (exact) mass is 516 g/mol. The van der Waals surface area contributed by atoms with Crippen molar-refractivity contribution in [2.24, 2.45) is 17.8 Å². The summed E-state index contributed by atoms with van der Waals surface area (Å²) in [6.45, 7) is 5.68. The van der Waals surface area contributed by atoms with Gasteiger partial charge in [-0.15, -0.1) is 0 Å². The lowest BCUT2D eigenvalue weighted by molar-refractivity contribution is -0.180. The molecule has 4 N–H and O–H groups in total. The molecule has 2 aliphatic rings. The van der Waals surface area contributed by atoms with Crippen LogP contribution in [-0.2, 0) is 25.7 Å². The maximum atomic E-state index is 13.2. The molecular formula is C29H40O8. The van der Waals surface area contributed by atoms with Gasteiger partial charge in [-0.1, -0.05) is 55.5 Å². The predicted molar refractivity (Wildman–Crippen MR) is 137 cm³/mol. The van der Waals surface area contributed by atoms with Crippen LogP contribution in [0.2, 0.25) is 0 Å².